The summed E-state index contributed by atoms with van der Waals surface area (Å²) in [5.41, 5.74) is 3.31. The number of nitrogens with zero attached hydrogens (tertiary/aromatic N) is 3. The first-order valence-electron chi connectivity index (χ1n) is 14.5. The standard InChI is InChI=1S/C31H40N4O4S/c1-19(2)32-28(37)22-14-21(15-23(16-22)31(5)11-12-31)26-24(13-20-9-7-6-8-10-20)33-29(40-26)27-34-25(39-35-27)17-30(3,4)38-18-36/h14-16,18-20H,6-13,17H2,1-5H3,(H,32,37). The van der Waals surface area contributed by atoms with Crippen molar-refractivity contribution in [2.24, 2.45) is 5.92 Å². The predicted octanol–water partition coefficient (Wildman–Crippen LogP) is 6.67. The summed E-state index contributed by atoms with van der Waals surface area (Å²) < 4.78 is 10.7. The molecule has 2 fully saturated rings. The van der Waals surface area contributed by atoms with E-state index in [2.05, 4.69) is 34.5 Å². The summed E-state index contributed by atoms with van der Waals surface area (Å²) in [5.74, 6) is 1.37. The zero-order chi connectivity index (χ0) is 28.5. The van der Waals surface area contributed by atoms with E-state index in [4.69, 9.17) is 14.2 Å². The van der Waals surface area contributed by atoms with Gasteiger partial charge >= 0.3 is 0 Å². The number of nitrogens with one attached hydrogen (secondary N) is 1. The van der Waals surface area contributed by atoms with Gasteiger partial charge in [-0.15, -0.1) is 11.3 Å². The number of amides is 1. The monoisotopic (exact) mass is 564 g/mol. The van der Waals surface area contributed by atoms with Crippen LogP contribution in [0.25, 0.3) is 21.3 Å². The highest BCUT2D eigenvalue weighted by Crippen LogP contribution is 2.49. The molecular formula is C31H40N4O4S. The second-order valence-electron chi connectivity index (χ2n) is 12.7. The Balaban J connectivity index is 1.54. The van der Waals surface area contributed by atoms with Gasteiger partial charge in [-0.25, -0.2) is 4.98 Å². The van der Waals surface area contributed by atoms with Crippen LogP contribution in [-0.4, -0.2) is 39.1 Å². The zero-order valence-corrected chi connectivity index (χ0v) is 25.0. The number of carbonyl (C=O) groups excluding carboxylic acids is 2. The fraction of sp³-hybridized carbons (Fsp3) is 0.581. The topological polar surface area (TPSA) is 107 Å². The maximum absolute atomic E-state index is 13.1. The highest BCUT2D eigenvalue weighted by Gasteiger charge is 2.40. The van der Waals surface area contributed by atoms with E-state index in [9.17, 15) is 9.59 Å². The quantitative estimate of drug-likeness (QED) is 0.259. The maximum Gasteiger partial charge on any atom is 0.293 e. The van der Waals surface area contributed by atoms with Crippen LogP contribution in [0, 0.1) is 5.92 Å². The summed E-state index contributed by atoms with van der Waals surface area (Å²) >= 11 is 1.55. The fourth-order valence-corrected chi connectivity index (χ4v) is 6.49. The van der Waals surface area contributed by atoms with Gasteiger partial charge in [0.25, 0.3) is 12.4 Å². The Morgan fingerprint density at radius 1 is 1.20 bits per heavy atom. The van der Waals surface area contributed by atoms with Gasteiger partial charge in [0, 0.05) is 11.6 Å². The molecule has 9 heteroatoms. The van der Waals surface area contributed by atoms with Crippen molar-refractivity contribution < 1.29 is 18.8 Å². The molecule has 0 bridgehead atoms. The summed E-state index contributed by atoms with van der Waals surface area (Å²) in [6, 6.07) is 6.38. The molecule has 2 heterocycles. The molecule has 1 aromatic carbocycles. The van der Waals surface area contributed by atoms with Crippen molar-refractivity contribution in [1.29, 1.82) is 0 Å². The molecule has 3 aromatic rings. The van der Waals surface area contributed by atoms with Crippen molar-refractivity contribution in [3.8, 4) is 21.3 Å². The minimum absolute atomic E-state index is 0.0520. The van der Waals surface area contributed by atoms with Crippen LogP contribution in [0.1, 0.15) is 107 Å². The number of hydrogen-bond donors (Lipinski definition) is 1. The lowest BCUT2D eigenvalue weighted by atomic mass is 9.85. The lowest BCUT2D eigenvalue weighted by Crippen LogP contribution is -2.30. The highest BCUT2D eigenvalue weighted by atomic mass is 32.1. The van der Waals surface area contributed by atoms with Gasteiger partial charge in [-0.3, -0.25) is 9.59 Å². The normalized spacial score (nSPS) is 17.1. The van der Waals surface area contributed by atoms with E-state index in [1.54, 1.807) is 25.2 Å². The largest absolute Gasteiger partial charge is 0.461 e. The first-order valence-corrected chi connectivity index (χ1v) is 15.3. The summed E-state index contributed by atoms with van der Waals surface area (Å²) in [7, 11) is 0. The second kappa shape index (κ2) is 11.4. The molecule has 214 valence electrons. The van der Waals surface area contributed by atoms with Gasteiger partial charge in [0.1, 0.15) is 5.60 Å². The Labute approximate surface area is 240 Å². The Hall–Kier alpha value is -3.07. The van der Waals surface area contributed by atoms with Gasteiger partial charge in [-0.2, -0.15) is 4.98 Å². The number of rotatable bonds is 11. The van der Waals surface area contributed by atoms with E-state index in [0.29, 0.717) is 41.1 Å². The number of aromatic nitrogens is 3. The Morgan fingerprint density at radius 3 is 2.62 bits per heavy atom. The van der Waals surface area contributed by atoms with Crippen LogP contribution < -0.4 is 5.32 Å². The van der Waals surface area contributed by atoms with Crippen LogP contribution >= 0.6 is 11.3 Å². The smallest absolute Gasteiger partial charge is 0.293 e. The third kappa shape index (κ3) is 6.62. The average Bonchev–Trinajstić information content (AvgIpc) is 3.29. The summed E-state index contributed by atoms with van der Waals surface area (Å²) in [5, 5.41) is 7.98. The zero-order valence-electron chi connectivity index (χ0n) is 24.2. The van der Waals surface area contributed by atoms with Gasteiger partial charge in [-0.05, 0) is 87.6 Å². The third-order valence-corrected chi connectivity index (χ3v) is 9.22. The van der Waals surface area contributed by atoms with E-state index in [1.165, 1.54) is 37.7 Å². The number of ether oxygens (including phenoxy) is 1. The van der Waals surface area contributed by atoms with Crippen molar-refractivity contribution in [3.63, 3.8) is 0 Å². The summed E-state index contributed by atoms with van der Waals surface area (Å²) in [4.78, 5) is 34.7. The third-order valence-electron chi connectivity index (χ3n) is 8.08. The molecular weight excluding hydrogens is 524 g/mol. The first-order chi connectivity index (χ1) is 19.0. The molecule has 0 unspecified atom stereocenters. The summed E-state index contributed by atoms with van der Waals surface area (Å²) in [6.45, 7) is 10.3. The van der Waals surface area contributed by atoms with E-state index < -0.39 is 5.60 Å². The molecule has 1 N–H and O–H groups in total. The molecule has 0 radical (unpaired) electrons. The van der Waals surface area contributed by atoms with E-state index in [0.717, 1.165) is 35.4 Å². The number of thiazole rings is 1. The molecule has 1 amide bonds. The predicted molar refractivity (Wildman–Crippen MR) is 155 cm³/mol. The molecule has 0 aliphatic heterocycles. The lowest BCUT2D eigenvalue weighted by molar-refractivity contribution is -0.140. The van der Waals surface area contributed by atoms with Crippen LogP contribution in [-0.2, 0) is 27.8 Å². The molecule has 40 heavy (non-hydrogen) atoms. The van der Waals surface area contributed by atoms with Crippen molar-refractivity contribution >= 4 is 23.7 Å². The van der Waals surface area contributed by atoms with E-state index >= 15 is 0 Å². The average molecular weight is 565 g/mol. The fourth-order valence-electron chi connectivity index (χ4n) is 5.49. The van der Waals surface area contributed by atoms with Crippen molar-refractivity contribution in [2.45, 2.75) is 109 Å². The Bertz CT molecular complexity index is 1370. The molecule has 0 spiro atoms. The molecule has 8 nitrogen and oxygen atoms in total. The molecule has 5 rings (SSSR count). The number of hydrogen-bond acceptors (Lipinski definition) is 8. The Morgan fingerprint density at radius 2 is 1.95 bits per heavy atom. The minimum Gasteiger partial charge on any atom is -0.461 e. The van der Waals surface area contributed by atoms with Crippen LogP contribution in [0.5, 0.6) is 0 Å². The molecule has 2 aliphatic rings. The van der Waals surface area contributed by atoms with Gasteiger partial charge in [-0.1, -0.05) is 44.2 Å². The van der Waals surface area contributed by atoms with E-state index in [1.807, 2.05) is 19.9 Å². The minimum atomic E-state index is -0.752. The van der Waals surface area contributed by atoms with Crippen molar-refractivity contribution in [2.75, 3.05) is 0 Å². The molecule has 0 atom stereocenters. The van der Waals surface area contributed by atoms with Crippen molar-refractivity contribution in [3.05, 3.63) is 40.9 Å². The number of benzene rings is 1. The van der Waals surface area contributed by atoms with Crippen LogP contribution in [0.15, 0.2) is 22.7 Å². The van der Waals surface area contributed by atoms with Gasteiger partial charge in [0.2, 0.25) is 11.7 Å². The Kier molecular flexibility index (Phi) is 8.13. The SMILES string of the molecule is CC(C)NC(=O)c1cc(-c2sc(-c3noc(CC(C)(C)OC=O)n3)nc2CC2CCCCC2)cc(C2(C)CC2)c1. The summed E-state index contributed by atoms with van der Waals surface area (Å²) in [6.07, 6.45) is 9.70. The molecule has 2 aliphatic carbocycles. The molecule has 2 aromatic heterocycles. The highest BCUT2D eigenvalue weighted by molar-refractivity contribution is 7.18. The van der Waals surface area contributed by atoms with Crippen LogP contribution in [0.2, 0.25) is 0 Å². The van der Waals surface area contributed by atoms with E-state index in [-0.39, 0.29) is 17.4 Å². The van der Waals surface area contributed by atoms with Crippen molar-refractivity contribution in [1.82, 2.24) is 20.4 Å². The first kappa shape index (κ1) is 28.5. The maximum atomic E-state index is 13.1. The molecule has 0 saturated heterocycles. The van der Waals surface area contributed by atoms with Gasteiger partial charge in [0.05, 0.1) is 17.0 Å². The molecule has 2 saturated carbocycles. The number of carbonyl (C=O) groups is 2. The lowest BCUT2D eigenvalue weighted by Gasteiger charge is -2.21. The second-order valence-corrected chi connectivity index (χ2v) is 13.7. The van der Waals surface area contributed by atoms with Gasteiger partial charge < -0.3 is 14.6 Å². The van der Waals surface area contributed by atoms with Gasteiger partial charge in [0.15, 0.2) is 5.01 Å². The van der Waals surface area contributed by atoms with Crippen LogP contribution in [0.4, 0.5) is 0 Å². The van der Waals surface area contributed by atoms with Crippen LogP contribution in [0.3, 0.4) is 0 Å².